The van der Waals surface area contributed by atoms with E-state index in [0.717, 1.165) is 12.1 Å². The molecule has 0 spiro atoms. The SMILES string of the molecule is O=C(Nc1cccc(C(F)(F)F)c1)Nc1ccc2oc(-c3cccnc3)nc2c1. The Morgan fingerprint density at radius 2 is 1.76 bits per heavy atom. The molecule has 9 heteroatoms. The van der Waals surface area contributed by atoms with Gasteiger partial charge in [-0.15, -0.1) is 0 Å². The van der Waals surface area contributed by atoms with E-state index in [0.29, 0.717) is 28.2 Å². The van der Waals surface area contributed by atoms with Crippen molar-refractivity contribution < 1.29 is 22.4 Å². The smallest absolute Gasteiger partial charge is 0.416 e. The lowest BCUT2D eigenvalue weighted by Crippen LogP contribution is -2.19. The predicted molar refractivity (Wildman–Crippen MR) is 101 cm³/mol. The summed E-state index contributed by atoms with van der Waals surface area (Å²) in [5, 5.41) is 4.94. The van der Waals surface area contributed by atoms with E-state index >= 15 is 0 Å². The van der Waals surface area contributed by atoms with Gasteiger partial charge in [-0.25, -0.2) is 9.78 Å². The normalized spacial score (nSPS) is 11.4. The highest BCUT2D eigenvalue weighted by Crippen LogP contribution is 2.31. The number of nitrogens with zero attached hydrogens (tertiary/aromatic N) is 2. The van der Waals surface area contributed by atoms with E-state index in [2.05, 4.69) is 20.6 Å². The van der Waals surface area contributed by atoms with Crippen molar-refractivity contribution in [2.75, 3.05) is 10.6 Å². The number of amides is 2. The van der Waals surface area contributed by atoms with Gasteiger partial charge >= 0.3 is 12.2 Å². The molecule has 0 saturated carbocycles. The Labute approximate surface area is 162 Å². The zero-order chi connectivity index (χ0) is 20.4. The van der Waals surface area contributed by atoms with Gasteiger partial charge in [0.25, 0.3) is 0 Å². The third-order valence-corrected chi connectivity index (χ3v) is 4.00. The standard InChI is InChI=1S/C20H13F3N4O2/c21-20(22,23)13-4-1-5-14(9-13)25-19(28)26-15-6-7-17-16(10-15)27-18(29-17)12-3-2-8-24-11-12/h1-11H,(H2,25,26,28). The summed E-state index contributed by atoms with van der Waals surface area (Å²) in [7, 11) is 0. The van der Waals surface area contributed by atoms with Crippen LogP contribution in [0.5, 0.6) is 0 Å². The molecule has 4 aromatic rings. The van der Waals surface area contributed by atoms with Gasteiger partial charge in [0.1, 0.15) is 5.52 Å². The van der Waals surface area contributed by atoms with Crippen molar-refractivity contribution in [3.63, 3.8) is 0 Å². The van der Waals surface area contributed by atoms with Gasteiger partial charge in [-0.3, -0.25) is 4.98 Å². The molecule has 0 radical (unpaired) electrons. The van der Waals surface area contributed by atoms with E-state index in [9.17, 15) is 18.0 Å². The van der Waals surface area contributed by atoms with Crippen LogP contribution in [0.1, 0.15) is 5.56 Å². The molecule has 0 aliphatic heterocycles. The molecule has 0 aliphatic carbocycles. The van der Waals surface area contributed by atoms with Gasteiger partial charge in [-0.2, -0.15) is 13.2 Å². The highest BCUT2D eigenvalue weighted by Gasteiger charge is 2.30. The number of carbonyl (C=O) groups excluding carboxylic acids is 1. The number of alkyl halides is 3. The molecule has 6 nitrogen and oxygen atoms in total. The molecule has 0 aliphatic rings. The largest absolute Gasteiger partial charge is 0.436 e. The number of nitrogens with one attached hydrogen (secondary N) is 2. The summed E-state index contributed by atoms with van der Waals surface area (Å²) in [5.74, 6) is 0.388. The number of oxazole rings is 1. The van der Waals surface area contributed by atoms with Crippen LogP contribution in [0.4, 0.5) is 29.3 Å². The van der Waals surface area contributed by atoms with Gasteiger partial charge in [-0.05, 0) is 48.5 Å². The van der Waals surface area contributed by atoms with Crippen molar-refractivity contribution in [1.82, 2.24) is 9.97 Å². The maximum absolute atomic E-state index is 12.8. The maximum Gasteiger partial charge on any atom is 0.416 e. The number of urea groups is 1. The lowest BCUT2D eigenvalue weighted by atomic mass is 10.2. The van der Waals surface area contributed by atoms with Crippen LogP contribution < -0.4 is 10.6 Å². The van der Waals surface area contributed by atoms with E-state index in [1.165, 1.54) is 12.1 Å². The summed E-state index contributed by atoms with van der Waals surface area (Å²) in [4.78, 5) is 20.5. The minimum atomic E-state index is -4.49. The topological polar surface area (TPSA) is 80.0 Å². The second-order valence-corrected chi connectivity index (χ2v) is 6.10. The molecule has 146 valence electrons. The van der Waals surface area contributed by atoms with Crippen LogP contribution in [-0.4, -0.2) is 16.0 Å². The number of rotatable bonds is 3. The number of aromatic nitrogens is 2. The number of hydrogen-bond donors (Lipinski definition) is 2. The summed E-state index contributed by atoms with van der Waals surface area (Å²) in [6, 6.07) is 12.1. The van der Waals surface area contributed by atoms with Crippen molar-refractivity contribution in [3.05, 3.63) is 72.6 Å². The van der Waals surface area contributed by atoms with Crippen LogP contribution in [0.3, 0.4) is 0 Å². The third kappa shape index (κ3) is 4.18. The van der Waals surface area contributed by atoms with Gasteiger partial charge in [0.15, 0.2) is 5.58 Å². The first-order valence-corrected chi connectivity index (χ1v) is 8.45. The number of halogens is 3. The van der Waals surface area contributed by atoms with E-state index in [-0.39, 0.29) is 5.69 Å². The highest BCUT2D eigenvalue weighted by atomic mass is 19.4. The van der Waals surface area contributed by atoms with Crippen LogP contribution in [0.2, 0.25) is 0 Å². The molecule has 29 heavy (non-hydrogen) atoms. The van der Waals surface area contributed by atoms with Crippen LogP contribution in [0.15, 0.2) is 71.4 Å². The molecule has 0 atom stereocenters. The lowest BCUT2D eigenvalue weighted by molar-refractivity contribution is -0.137. The molecule has 4 rings (SSSR count). The molecule has 2 N–H and O–H groups in total. The van der Waals surface area contributed by atoms with Crippen molar-refractivity contribution in [3.8, 4) is 11.5 Å². The average Bonchev–Trinajstić information content (AvgIpc) is 3.11. The molecule has 2 heterocycles. The Hall–Kier alpha value is -3.88. The van der Waals surface area contributed by atoms with Crippen LogP contribution in [-0.2, 0) is 6.18 Å². The van der Waals surface area contributed by atoms with Crippen molar-refractivity contribution in [2.45, 2.75) is 6.18 Å². The second kappa shape index (κ2) is 7.27. The molecule has 2 aromatic carbocycles. The Morgan fingerprint density at radius 3 is 2.48 bits per heavy atom. The molecular weight excluding hydrogens is 385 g/mol. The summed E-state index contributed by atoms with van der Waals surface area (Å²) in [5.41, 5.74) is 1.34. The van der Waals surface area contributed by atoms with E-state index in [1.54, 1.807) is 42.7 Å². The number of hydrogen-bond acceptors (Lipinski definition) is 4. The number of pyridine rings is 1. The zero-order valence-corrected chi connectivity index (χ0v) is 14.7. The minimum absolute atomic E-state index is 0.0266. The first-order chi connectivity index (χ1) is 13.9. The zero-order valence-electron chi connectivity index (χ0n) is 14.7. The van der Waals surface area contributed by atoms with Gasteiger partial charge in [0, 0.05) is 23.8 Å². The monoisotopic (exact) mass is 398 g/mol. The maximum atomic E-state index is 12.8. The molecule has 2 amide bonds. The van der Waals surface area contributed by atoms with Gasteiger partial charge in [-0.1, -0.05) is 6.07 Å². The molecule has 2 aromatic heterocycles. The van der Waals surface area contributed by atoms with Crippen molar-refractivity contribution in [1.29, 1.82) is 0 Å². The van der Waals surface area contributed by atoms with Crippen LogP contribution >= 0.6 is 0 Å². The Kier molecular flexibility index (Phi) is 4.63. The van der Waals surface area contributed by atoms with E-state index in [4.69, 9.17) is 4.42 Å². The number of anilines is 2. The number of fused-ring (bicyclic) bond motifs is 1. The summed E-state index contributed by atoms with van der Waals surface area (Å²) >= 11 is 0. The quantitative estimate of drug-likeness (QED) is 0.474. The van der Waals surface area contributed by atoms with Gasteiger partial charge < -0.3 is 15.1 Å². The Bertz CT molecular complexity index is 1170. The second-order valence-electron chi connectivity index (χ2n) is 6.10. The van der Waals surface area contributed by atoms with Gasteiger partial charge in [0.05, 0.1) is 11.1 Å². The number of carbonyl (C=O) groups is 1. The van der Waals surface area contributed by atoms with E-state index in [1.807, 2.05) is 0 Å². The lowest BCUT2D eigenvalue weighted by Gasteiger charge is -2.10. The average molecular weight is 398 g/mol. The summed E-state index contributed by atoms with van der Waals surface area (Å²) < 4.78 is 44.0. The van der Waals surface area contributed by atoms with Crippen molar-refractivity contribution in [2.24, 2.45) is 0 Å². The van der Waals surface area contributed by atoms with E-state index < -0.39 is 17.8 Å². The minimum Gasteiger partial charge on any atom is -0.436 e. The summed E-state index contributed by atoms with van der Waals surface area (Å²) in [6.07, 6.45) is -1.23. The van der Waals surface area contributed by atoms with Crippen LogP contribution in [0, 0.1) is 0 Å². The fraction of sp³-hybridized carbons (Fsp3) is 0.0500. The fourth-order valence-electron chi connectivity index (χ4n) is 2.68. The fourth-order valence-corrected chi connectivity index (χ4v) is 2.68. The number of benzene rings is 2. The Morgan fingerprint density at radius 1 is 0.966 bits per heavy atom. The third-order valence-electron chi connectivity index (χ3n) is 4.00. The first kappa shape index (κ1) is 18.5. The Balaban J connectivity index is 1.50. The molecule has 0 fully saturated rings. The molecule has 0 bridgehead atoms. The summed E-state index contributed by atoms with van der Waals surface area (Å²) in [6.45, 7) is 0. The van der Waals surface area contributed by atoms with Gasteiger partial charge in [0.2, 0.25) is 5.89 Å². The molecule has 0 saturated heterocycles. The molecular formula is C20H13F3N4O2. The molecule has 0 unspecified atom stereocenters. The van der Waals surface area contributed by atoms with Crippen LogP contribution in [0.25, 0.3) is 22.6 Å². The first-order valence-electron chi connectivity index (χ1n) is 8.45. The van der Waals surface area contributed by atoms with Crippen molar-refractivity contribution >= 4 is 28.5 Å². The predicted octanol–water partition coefficient (Wildman–Crippen LogP) is 5.55. The highest BCUT2D eigenvalue weighted by molar-refractivity contribution is 6.00.